The van der Waals surface area contributed by atoms with Crippen LogP contribution < -0.4 is 9.47 Å². The van der Waals surface area contributed by atoms with Crippen molar-refractivity contribution in [2.75, 3.05) is 13.2 Å². The number of carbonyl (C=O) groups is 2. The Labute approximate surface area is 357 Å². The summed E-state index contributed by atoms with van der Waals surface area (Å²) in [6.45, 7) is 9.51. The van der Waals surface area contributed by atoms with Gasteiger partial charge in [-0.15, -0.1) is 0 Å². The number of carbonyl (C=O) groups excluding carboxylic acids is 2. The van der Waals surface area contributed by atoms with Crippen molar-refractivity contribution in [1.29, 1.82) is 0 Å². The predicted molar refractivity (Wildman–Crippen MR) is 250 cm³/mol. The minimum atomic E-state index is -0.682. The molecule has 6 aromatic carbocycles. The van der Waals surface area contributed by atoms with Crippen LogP contribution in [-0.2, 0) is 22.3 Å². The molecule has 0 spiro atoms. The molecule has 318 valence electrons. The second kappa shape index (κ2) is 23.0. The largest absolute Gasteiger partial charge is 0.513 e. The quantitative estimate of drug-likeness (QED) is 0.0278. The molecule has 0 aliphatic heterocycles. The molecular formula is C54H66O6. The van der Waals surface area contributed by atoms with Gasteiger partial charge < -0.3 is 18.9 Å². The average molecular weight is 811 g/mol. The molecule has 0 aliphatic carbocycles. The van der Waals surface area contributed by atoms with Crippen LogP contribution in [0.3, 0.4) is 0 Å². The molecule has 0 N–H and O–H groups in total. The summed E-state index contributed by atoms with van der Waals surface area (Å²) < 4.78 is 23.8. The summed E-state index contributed by atoms with van der Waals surface area (Å²) in [5.74, 6) is 1.01. The summed E-state index contributed by atoms with van der Waals surface area (Å²) in [5.41, 5.74) is 4.59. The van der Waals surface area contributed by atoms with Crippen molar-refractivity contribution in [3.63, 3.8) is 0 Å². The molecule has 0 aromatic heterocycles. The number of rotatable bonds is 23. The van der Waals surface area contributed by atoms with Crippen LogP contribution >= 0.6 is 0 Å². The normalized spacial score (nSPS) is 11.5. The van der Waals surface area contributed by atoms with E-state index in [1.54, 1.807) is 0 Å². The van der Waals surface area contributed by atoms with Crippen molar-refractivity contribution in [3.8, 4) is 22.6 Å². The number of fused-ring (bicyclic) bond motifs is 4. The van der Waals surface area contributed by atoms with Gasteiger partial charge in [0.15, 0.2) is 0 Å². The molecule has 6 heteroatoms. The SMILES string of the molecule is CCCCCCCOC(=O)Oc1c2ccccc2c(-c2c3ccccc3c(OC(=O)OCCCCCCC)c3ccc(CCCCC)cc23)c2cc(CCCCC)ccc12. The fourth-order valence-corrected chi connectivity index (χ4v) is 8.55. The van der Waals surface area contributed by atoms with Crippen molar-refractivity contribution in [1.82, 2.24) is 0 Å². The lowest BCUT2D eigenvalue weighted by atomic mass is 9.84. The van der Waals surface area contributed by atoms with E-state index in [9.17, 15) is 9.59 Å². The third-order valence-electron chi connectivity index (χ3n) is 11.8. The number of unbranched alkanes of at least 4 members (excludes halogenated alkanes) is 12. The van der Waals surface area contributed by atoms with E-state index in [1.807, 2.05) is 24.3 Å². The minimum absolute atomic E-state index is 0.331. The van der Waals surface area contributed by atoms with Crippen LogP contribution in [0.15, 0.2) is 84.9 Å². The van der Waals surface area contributed by atoms with Gasteiger partial charge in [0.2, 0.25) is 0 Å². The molecule has 6 aromatic rings. The predicted octanol–water partition coefficient (Wildman–Crippen LogP) is 16.4. The first-order chi connectivity index (χ1) is 29.5. The smallest absolute Gasteiger partial charge is 0.434 e. The zero-order chi connectivity index (χ0) is 42.1. The summed E-state index contributed by atoms with van der Waals surface area (Å²) in [6, 6.07) is 29.6. The van der Waals surface area contributed by atoms with Crippen LogP contribution in [0.1, 0.15) is 142 Å². The van der Waals surface area contributed by atoms with Gasteiger partial charge in [0.1, 0.15) is 11.5 Å². The van der Waals surface area contributed by atoms with Gasteiger partial charge in [0.25, 0.3) is 0 Å². The molecule has 0 saturated carbocycles. The van der Waals surface area contributed by atoms with Crippen molar-refractivity contribution in [2.45, 2.75) is 143 Å². The van der Waals surface area contributed by atoms with Crippen LogP contribution in [-0.4, -0.2) is 25.5 Å². The zero-order valence-corrected chi connectivity index (χ0v) is 36.7. The lowest BCUT2D eigenvalue weighted by Gasteiger charge is -2.22. The highest BCUT2D eigenvalue weighted by Crippen LogP contribution is 2.50. The highest BCUT2D eigenvalue weighted by atomic mass is 16.7. The van der Waals surface area contributed by atoms with E-state index in [4.69, 9.17) is 18.9 Å². The van der Waals surface area contributed by atoms with Gasteiger partial charge in [-0.25, -0.2) is 9.59 Å². The van der Waals surface area contributed by atoms with E-state index in [1.165, 1.54) is 24.0 Å². The number of benzene rings is 6. The van der Waals surface area contributed by atoms with Gasteiger partial charge in [-0.05, 0) is 82.3 Å². The van der Waals surface area contributed by atoms with E-state index in [-0.39, 0.29) is 0 Å². The average Bonchev–Trinajstić information content (AvgIpc) is 3.26. The Morgan fingerprint density at radius 2 is 0.733 bits per heavy atom. The molecule has 0 fully saturated rings. The Morgan fingerprint density at radius 3 is 1.13 bits per heavy atom. The fraction of sp³-hybridized carbons (Fsp3) is 0.444. The standard InChI is InChI=1S/C54H66O6/c1-5-9-13-15-23-35-57-53(55)59-51-43-29-21-19-27-41(43)49(47-37-39(25-17-11-7-3)31-33-45(47)51)50-42-28-20-22-30-44(42)52(60-54(56)58-36-24-16-14-10-6-2)46-34-32-40(38-48(46)50)26-18-12-8-4/h19-22,27-34,37-38H,5-18,23-26,35-36H2,1-4H3. The third-order valence-corrected chi connectivity index (χ3v) is 11.8. The Balaban J connectivity index is 1.55. The van der Waals surface area contributed by atoms with Crippen LogP contribution in [0.4, 0.5) is 9.59 Å². The maximum Gasteiger partial charge on any atom is 0.513 e. The summed E-state index contributed by atoms with van der Waals surface area (Å²) in [5, 5.41) is 7.31. The molecule has 0 radical (unpaired) electrons. The molecule has 60 heavy (non-hydrogen) atoms. The van der Waals surface area contributed by atoms with Gasteiger partial charge in [-0.2, -0.15) is 0 Å². The Morgan fingerprint density at radius 1 is 0.383 bits per heavy atom. The van der Waals surface area contributed by atoms with Gasteiger partial charge >= 0.3 is 12.3 Å². The number of hydrogen-bond donors (Lipinski definition) is 0. The van der Waals surface area contributed by atoms with Gasteiger partial charge in [-0.3, -0.25) is 0 Å². The molecule has 6 nitrogen and oxygen atoms in total. The van der Waals surface area contributed by atoms with Crippen molar-refractivity contribution < 1.29 is 28.5 Å². The first kappa shape index (κ1) is 44.5. The lowest BCUT2D eigenvalue weighted by Crippen LogP contribution is -2.12. The molecule has 6 rings (SSSR count). The highest BCUT2D eigenvalue weighted by molar-refractivity contribution is 6.27. The van der Waals surface area contributed by atoms with Gasteiger partial charge in [0.05, 0.1) is 13.2 Å². The van der Waals surface area contributed by atoms with E-state index in [2.05, 4.69) is 88.4 Å². The summed E-state index contributed by atoms with van der Waals surface area (Å²) in [7, 11) is 0. The Hall–Kier alpha value is -5.10. The zero-order valence-electron chi connectivity index (χ0n) is 36.7. The minimum Gasteiger partial charge on any atom is -0.434 e. The molecule has 0 unspecified atom stereocenters. The van der Waals surface area contributed by atoms with E-state index >= 15 is 0 Å². The third kappa shape index (κ3) is 11.2. The number of hydrogen-bond acceptors (Lipinski definition) is 6. The second-order valence-corrected chi connectivity index (χ2v) is 16.4. The first-order valence-electron chi connectivity index (χ1n) is 23.1. The summed E-state index contributed by atoms with van der Waals surface area (Å²) >= 11 is 0. The molecule has 0 saturated heterocycles. The van der Waals surface area contributed by atoms with Gasteiger partial charge in [-0.1, -0.05) is 190 Å². The number of aryl methyl sites for hydroxylation is 2. The molecule has 0 amide bonds. The molecule has 0 heterocycles. The monoisotopic (exact) mass is 810 g/mol. The van der Waals surface area contributed by atoms with Crippen molar-refractivity contribution in [3.05, 3.63) is 96.1 Å². The molecule has 0 atom stereocenters. The number of ether oxygens (including phenoxy) is 4. The highest BCUT2D eigenvalue weighted by Gasteiger charge is 2.25. The van der Waals surface area contributed by atoms with Crippen LogP contribution in [0.2, 0.25) is 0 Å². The van der Waals surface area contributed by atoms with Crippen LogP contribution in [0.5, 0.6) is 11.5 Å². The maximum absolute atomic E-state index is 13.4. The van der Waals surface area contributed by atoms with Crippen molar-refractivity contribution in [2.24, 2.45) is 0 Å². The Kier molecular flexibility index (Phi) is 17.1. The summed E-state index contributed by atoms with van der Waals surface area (Å²) in [6.07, 6.45) is 17.9. The fourth-order valence-electron chi connectivity index (χ4n) is 8.55. The van der Waals surface area contributed by atoms with Crippen LogP contribution in [0.25, 0.3) is 54.2 Å². The molecular weight excluding hydrogens is 745 g/mol. The topological polar surface area (TPSA) is 71.1 Å². The van der Waals surface area contributed by atoms with Crippen molar-refractivity contribution >= 4 is 55.4 Å². The second-order valence-electron chi connectivity index (χ2n) is 16.4. The van der Waals surface area contributed by atoms with Gasteiger partial charge in [0, 0.05) is 21.5 Å². The lowest BCUT2D eigenvalue weighted by molar-refractivity contribution is 0.0972. The molecule has 0 bridgehead atoms. The van der Waals surface area contributed by atoms with E-state index in [0.29, 0.717) is 24.7 Å². The Bertz CT molecular complexity index is 2180. The first-order valence-corrected chi connectivity index (χ1v) is 23.1. The van der Waals surface area contributed by atoms with Crippen LogP contribution in [0, 0.1) is 0 Å². The molecule has 0 aliphatic rings. The van der Waals surface area contributed by atoms with E-state index < -0.39 is 12.3 Å². The van der Waals surface area contributed by atoms with E-state index in [0.717, 1.165) is 157 Å². The maximum atomic E-state index is 13.4. The summed E-state index contributed by atoms with van der Waals surface area (Å²) in [4.78, 5) is 26.9.